The third-order valence-corrected chi connectivity index (χ3v) is 4.85. The predicted octanol–water partition coefficient (Wildman–Crippen LogP) is 5.53. The van der Waals surface area contributed by atoms with E-state index in [9.17, 15) is 0 Å². The van der Waals surface area contributed by atoms with Gasteiger partial charge in [0.2, 0.25) is 0 Å². The van der Waals surface area contributed by atoms with E-state index in [1.165, 1.54) is 0 Å². The minimum Gasteiger partial charge on any atom is -0.496 e. The van der Waals surface area contributed by atoms with Crippen LogP contribution in [0.15, 0.2) is 27.1 Å². The fourth-order valence-corrected chi connectivity index (χ4v) is 2.99. The van der Waals surface area contributed by atoms with E-state index in [-0.39, 0.29) is 0 Å². The molecule has 0 atom stereocenters. The Bertz CT molecular complexity index is 662. The van der Waals surface area contributed by atoms with Crippen molar-refractivity contribution < 1.29 is 4.74 Å². The minimum absolute atomic E-state index is 0.433. The molecule has 0 N–H and O–H groups in total. The summed E-state index contributed by atoms with van der Waals surface area (Å²) in [5, 5.41) is 0.433. The summed E-state index contributed by atoms with van der Waals surface area (Å²) in [7, 11) is 1.63. The van der Waals surface area contributed by atoms with Gasteiger partial charge in [0, 0.05) is 5.56 Å². The molecule has 0 unspecified atom stereocenters. The van der Waals surface area contributed by atoms with Gasteiger partial charge < -0.3 is 4.74 Å². The molecule has 0 spiro atoms. The first-order chi connectivity index (χ1) is 9.92. The summed E-state index contributed by atoms with van der Waals surface area (Å²) in [6.07, 6.45) is 0.840. The number of ether oxygens (including phenoxy) is 1. The maximum Gasteiger partial charge on any atom is 0.161 e. The number of rotatable bonds is 4. The Morgan fingerprint density at radius 2 is 1.95 bits per heavy atom. The summed E-state index contributed by atoms with van der Waals surface area (Å²) in [6.45, 7) is 4.29. The number of hydrogen-bond acceptors (Lipinski definition) is 3. The molecule has 0 amide bonds. The first kappa shape index (κ1) is 16.7. The molecular weight excluding hydrogens is 419 g/mol. The zero-order chi connectivity index (χ0) is 15.6. The van der Waals surface area contributed by atoms with Gasteiger partial charge in [-0.1, -0.05) is 25.4 Å². The molecule has 0 fully saturated rings. The van der Waals surface area contributed by atoms with Crippen LogP contribution in [0.4, 0.5) is 0 Å². The van der Waals surface area contributed by atoms with E-state index in [2.05, 4.69) is 55.7 Å². The second-order valence-electron chi connectivity index (χ2n) is 5.05. The minimum atomic E-state index is 0.433. The van der Waals surface area contributed by atoms with Crippen molar-refractivity contribution in [2.24, 2.45) is 5.92 Å². The molecule has 1 aromatic carbocycles. The summed E-state index contributed by atoms with van der Waals surface area (Å²) in [4.78, 5) is 8.99. The van der Waals surface area contributed by atoms with Gasteiger partial charge in [0.05, 0.1) is 21.7 Å². The van der Waals surface area contributed by atoms with Crippen molar-refractivity contribution in [3.05, 3.63) is 38.0 Å². The quantitative estimate of drug-likeness (QED) is 0.594. The Labute approximate surface area is 146 Å². The van der Waals surface area contributed by atoms with Crippen molar-refractivity contribution in [1.82, 2.24) is 9.97 Å². The van der Waals surface area contributed by atoms with Crippen molar-refractivity contribution in [3.8, 4) is 17.1 Å². The van der Waals surface area contributed by atoms with Crippen molar-refractivity contribution >= 4 is 43.5 Å². The molecule has 1 heterocycles. The van der Waals surface area contributed by atoms with Crippen LogP contribution in [0.25, 0.3) is 11.4 Å². The van der Waals surface area contributed by atoms with Crippen LogP contribution in [-0.4, -0.2) is 17.1 Å². The Morgan fingerprint density at radius 1 is 1.24 bits per heavy atom. The van der Waals surface area contributed by atoms with E-state index in [1.54, 1.807) is 7.11 Å². The van der Waals surface area contributed by atoms with Gasteiger partial charge in [-0.2, -0.15) is 0 Å². The van der Waals surface area contributed by atoms with Gasteiger partial charge in [0.15, 0.2) is 5.82 Å². The lowest BCUT2D eigenvalue weighted by molar-refractivity contribution is 0.412. The van der Waals surface area contributed by atoms with Crippen LogP contribution in [0, 0.1) is 5.92 Å². The van der Waals surface area contributed by atoms with Gasteiger partial charge in [-0.15, -0.1) is 0 Å². The van der Waals surface area contributed by atoms with Crippen LogP contribution in [0.5, 0.6) is 5.75 Å². The van der Waals surface area contributed by atoms with Gasteiger partial charge >= 0.3 is 0 Å². The third kappa shape index (κ3) is 3.96. The molecule has 112 valence electrons. The molecule has 0 bridgehead atoms. The van der Waals surface area contributed by atoms with Gasteiger partial charge in [0.1, 0.15) is 10.9 Å². The lowest BCUT2D eigenvalue weighted by Crippen LogP contribution is -2.02. The van der Waals surface area contributed by atoms with Gasteiger partial charge in [0.25, 0.3) is 0 Å². The highest BCUT2D eigenvalue weighted by atomic mass is 79.9. The molecule has 0 aliphatic rings. The second-order valence-corrected chi connectivity index (χ2v) is 7.05. The van der Waals surface area contributed by atoms with E-state index in [0.29, 0.717) is 16.9 Å². The predicted molar refractivity (Wildman–Crippen MR) is 93.0 cm³/mol. The Balaban J connectivity index is 2.49. The topological polar surface area (TPSA) is 35.0 Å². The lowest BCUT2D eigenvalue weighted by Gasteiger charge is -2.11. The number of methoxy groups -OCH3 is 1. The van der Waals surface area contributed by atoms with Crippen LogP contribution >= 0.6 is 43.5 Å². The number of halogens is 3. The Morgan fingerprint density at radius 3 is 2.52 bits per heavy atom. The number of nitrogens with zero attached hydrogens (tertiary/aromatic N) is 2. The zero-order valence-electron chi connectivity index (χ0n) is 12.0. The fraction of sp³-hybridized carbons (Fsp3) is 0.333. The van der Waals surface area contributed by atoms with Gasteiger partial charge in [-0.05, 0) is 62.4 Å². The molecule has 3 nitrogen and oxygen atoms in total. The first-order valence-corrected chi connectivity index (χ1v) is 8.44. The Hall–Kier alpha value is -0.650. The molecule has 6 heteroatoms. The highest BCUT2D eigenvalue weighted by Gasteiger charge is 2.14. The molecule has 1 aromatic heterocycles. The summed E-state index contributed by atoms with van der Waals surface area (Å²) >= 11 is 13.2. The average Bonchev–Trinajstić information content (AvgIpc) is 2.43. The second kappa shape index (κ2) is 7.07. The molecule has 0 saturated carbocycles. The summed E-state index contributed by atoms with van der Waals surface area (Å²) in [6, 6.07) is 5.72. The van der Waals surface area contributed by atoms with E-state index in [1.807, 2.05) is 18.2 Å². The smallest absolute Gasteiger partial charge is 0.161 e. The molecule has 21 heavy (non-hydrogen) atoms. The average molecular weight is 435 g/mol. The fourth-order valence-electron chi connectivity index (χ4n) is 1.92. The summed E-state index contributed by atoms with van der Waals surface area (Å²) in [5.74, 6) is 1.87. The third-order valence-electron chi connectivity index (χ3n) is 2.89. The Kier molecular flexibility index (Phi) is 5.63. The maximum absolute atomic E-state index is 6.22. The molecule has 0 aliphatic carbocycles. The lowest BCUT2D eigenvalue weighted by atomic mass is 10.1. The molecule has 2 aromatic rings. The van der Waals surface area contributed by atoms with Crippen LogP contribution in [0.3, 0.4) is 0 Å². The number of hydrogen-bond donors (Lipinski definition) is 0. The van der Waals surface area contributed by atoms with Crippen LogP contribution in [-0.2, 0) is 6.42 Å². The van der Waals surface area contributed by atoms with Crippen molar-refractivity contribution in [1.29, 1.82) is 0 Å². The highest BCUT2D eigenvalue weighted by molar-refractivity contribution is 9.11. The monoisotopic (exact) mass is 432 g/mol. The normalized spacial score (nSPS) is 11.0. The number of benzene rings is 1. The standard InChI is InChI=1S/C15H15Br2ClN2O/c1-8(2)6-11-13(17)14(18)20-15(19-11)9-4-5-12(21-3)10(16)7-9/h4-5,7-8H,6H2,1-3H3. The molecule has 0 radical (unpaired) electrons. The van der Waals surface area contributed by atoms with E-state index >= 15 is 0 Å². The largest absolute Gasteiger partial charge is 0.496 e. The SMILES string of the molecule is COc1ccc(-c2nc(Cl)c(Br)c(CC(C)C)n2)cc1Br. The molecule has 0 saturated heterocycles. The van der Waals surface area contributed by atoms with Crippen molar-refractivity contribution in [2.45, 2.75) is 20.3 Å². The molecular formula is C15H15Br2ClN2O. The zero-order valence-corrected chi connectivity index (χ0v) is 15.9. The van der Waals surface area contributed by atoms with Crippen LogP contribution in [0.2, 0.25) is 5.15 Å². The van der Waals surface area contributed by atoms with Crippen LogP contribution in [0.1, 0.15) is 19.5 Å². The van der Waals surface area contributed by atoms with Gasteiger partial charge in [-0.25, -0.2) is 9.97 Å². The van der Waals surface area contributed by atoms with E-state index in [0.717, 1.165) is 32.4 Å². The molecule has 2 rings (SSSR count). The first-order valence-electron chi connectivity index (χ1n) is 6.48. The summed E-state index contributed by atoms with van der Waals surface area (Å²) in [5.41, 5.74) is 1.81. The highest BCUT2D eigenvalue weighted by Crippen LogP contribution is 2.32. The summed E-state index contributed by atoms with van der Waals surface area (Å²) < 4.78 is 6.86. The van der Waals surface area contributed by atoms with E-state index < -0.39 is 0 Å². The van der Waals surface area contributed by atoms with Crippen LogP contribution < -0.4 is 4.74 Å². The number of aromatic nitrogens is 2. The van der Waals surface area contributed by atoms with Crippen molar-refractivity contribution in [2.75, 3.05) is 7.11 Å². The van der Waals surface area contributed by atoms with Crippen molar-refractivity contribution in [3.63, 3.8) is 0 Å². The maximum atomic E-state index is 6.22. The van der Waals surface area contributed by atoms with Gasteiger partial charge in [-0.3, -0.25) is 0 Å². The molecule has 0 aliphatic heterocycles. The van der Waals surface area contributed by atoms with E-state index in [4.69, 9.17) is 16.3 Å².